The van der Waals surface area contributed by atoms with Gasteiger partial charge in [0, 0.05) is 0 Å². The minimum atomic E-state index is -2.79. The summed E-state index contributed by atoms with van der Waals surface area (Å²) in [6, 6.07) is 0. The largest absolute Gasteiger partial charge is 0.368 e. The Labute approximate surface area is 54.6 Å². The van der Waals surface area contributed by atoms with Crippen molar-refractivity contribution >= 4 is 11.9 Å². The first-order chi connectivity index (χ1) is 4.61. The molecule has 5 nitrogen and oxygen atoms in total. The first-order valence-corrected chi connectivity index (χ1v) is 2.37. The van der Waals surface area contributed by atoms with Crippen LogP contribution in [0.4, 0.5) is 20.7 Å². The lowest BCUT2D eigenvalue weighted by molar-refractivity contribution is 0.0592. The number of rotatable bonds is 1. The van der Waals surface area contributed by atoms with Gasteiger partial charge in [-0.15, -0.1) is 5.10 Å². The molecule has 0 fully saturated rings. The summed E-state index contributed by atoms with van der Waals surface area (Å²) in [6.45, 7) is -2.79. The van der Waals surface area contributed by atoms with Gasteiger partial charge in [0.15, 0.2) is 0 Å². The smallest absolute Gasteiger partial charge is 0.336 e. The maximum atomic E-state index is 11.8. The van der Waals surface area contributed by atoms with E-state index in [4.69, 9.17) is 11.5 Å². The highest BCUT2D eigenvalue weighted by Gasteiger charge is 2.11. The number of hydrogen-bond donors (Lipinski definition) is 2. The fraction of sp³-hybridized carbons (Fsp3) is 0.333. The highest BCUT2D eigenvalue weighted by atomic mass is 19.3. The van der Waals surface area contributed by atoms with Gasteiger partial charge in [0.05, 0.1) is 0 Å². The van der Waals surface area contributed by atoms with Crippen molar-refractivity contribution in [1.29, 1.82) is 0 Å². The Hall–Kier alpha value is -1.40. The van der Waals surface area contributed by atoms with Crippen LogP contribution in [-0.2, 0) is 0 Å². The van der Waals surface area contributed by atoms with Crippen molar-refractivity contribution in [1.82, 2.24) is 14.8 Å². The van der Waals surface area contributed by atoms with Gasteiger partial charge in [-0.1, -0.05) is 0 Å². The fourth-order valence-electron chi connectivity index (χ4n) is 0.496. The summed E-state index contributed by atoms with van der Waals surface area (Å²) >= 11 is 0. The van der Waals surface area contributed by atoms with Gasteiger partial charge < -0.3 is 11.5 Å². The second kappa shape index (κ2) is 2.09. The third-order valence-electron chi connectivity index (χ3n) is 0.859. The van der Waals surface area contributed by atoms with Gasteiger partial charge in [-0.25, -0.2) is 0 Å². The molecule has 1 aromatic rings. The van der Waals surface area contributed by atoms with Crippen molar-refractivity contribution < 1.29 is 8.78 Å². The summed E-state index contributed by atoms with van der Waals surface area (Å²) in [5.41, 5.74) is 9.93. The SMILES string of the molecule is Nc1nc(N)n(C(F)F)n1. The van der Waals surface area contributed by atoms with Gasteiger partial charge >= 0.3 is 6.55 Å². The maximum absolute atomic E-state index is 11.8. The molecule has 0 spiro atoms. The first kappa shape index (κ1) is 6.72. The standard InChI is InChI=1S/C3H5F2N5/c4-1(5)10-3(7)8-2(6)9-10/h1H,(H4,6,7,8,9). The zero-order valence-electron chi connectivity index (χ0n) is 4.83. The molecule has 0 aliphatic rings. The van der Waals surface area contributed by atoms with E-state index in [0.29, 0.717) is 0 Å². The number of halogens is 2. The maximum Gasteiger partial charge on any atom is 0.336 e. The van der Waals surface area contributed by atoms with Gasteiger partial charge in [0.1, 0.15) is 0 Å². The summed E-state index contributed by atoms with van der Waals surface area (Å²) in [5, 5.41) is 3.12. The molecule has 0 aliphatic heterocycles. The molecular weight excluding hydrogens is 144 g/mol. The Morgan fingerprint density at radius 1 is 1.40 bits per heavy atom. The van der Waals surface area contributed by atoms with Crippen molar-refractivity contribution in [3.8, 4) is 0 Å². The summed E-state index contributed by atoms with van der Waals surface area (Å²) in [5.74, 6) is -0.634. The molecule has 56 valence electrons. The van der Waals surface area contributed by atoms with Gasteiger partial charge in [0.25, 0.3) is 0 Å². The van der Waals surface area contributed by atoms with Gasteiger partial charge in [-0.2, -0.15) is 18.4 Å². The molecule has 10 heavy (non-hydrogen) atoms. The van der Waals surface area contributed by atoms with Crippen LogP contribution >= 0.6 is 0 Å². The van der Waals surface area contributed by atoms with E-state index in [1.807, 2.05) is 0 Å². The van der Waals surface area contributed by atoms with Crippen molar-refractivity contribution in [3.05, 3.63) is 0 Å². The van der Waals surface area contributed by atoms with Crippen LogP contribution < -0.4 is 11.5 Å². The lowest BCUT2D eigenvalue weighted by atomic mass is 11.0. The molecular formula is C3H5F2N5. The van der Waals surface area contributed by atoms with E-state index in [2.05, 4.69) is 10.1 Å². The predicted octanol–water partition coefficient (Wildman–Crippen LogP) is -0.162. The molecule has 1 heterocycles. The van der Waals surface area contributed by atoms with Crippen molar-refractivity contribution in [2.24, 2.45) is 0 Å². The zero-order valence-corrected chi connectivity index (χ0v) is 4.83. The lowest BCUT2D eigenvalue weighted by Crippen LogP contribution is -2.05. The molecule has 1 rings (SSSR count). The predicted molar refractivity (Wildman–Crippen MR) is 30.1 cm³/mol. The molecule has 0 amide bonds. The van der Waals surface area contributed by atoms with E-state index >= 15 is 0 Å². The van der Waals surface area contributed by atoms with E-state index in [9.17, 15) is 8.78 Å². The Kier molecular flexibility index (Phi) is 1.40. The van der Waals surface area contributed by atoms with Gasteiger partial charge in [-0.05, 0) is 0 Å². The summed E-state index contributed by atoms with van der Waals surface area (Å²) in [4.78, 5) is 3.26. The second-order valence-electron chi connectivity index (χ2n) is 1.55. The summed E-state index contributed by atoms with van der Waals surface area (Å²) in [7, 11) is 0. The molecule has 0 radical (unpaired) electrons. The number of nitrogen functional groups attached to an aromatic ring is 2. The second-order valence-corrected chi connectivity index (χ2v) is 1.55. The number of nitrogens with zero attached hydrogens (tertiary/aromatic N) is 3. The van der Waals surface area contributed by atoms with E-state index in [0.717, 1.165) is 0 Å². The molecule has 0 saturated carbocycles. The highest BCUT2D eigenvalue weighted by molar-refractivity contribution is 5.26. The van der Waals surface area contributed by atoms with Crippen LogP contribution in [-0.4, -0.2) is 14.8 Å². The molecule has 0 bridgehead atoms. The van der Waals surface area contributed by atoms with Crippen LogP contribution in [0.2, 0.25) is 0 Å². The number of anilines is 2. The van der Waals surface area contributed by atoms with Crippen molar-refractivity contribution in [2.75, 3.05) is 11.5 Å². The van der Waals surface area contributed by atoms with Crippen LogP contribution in [0, 0.1) is 0 Å². The lowest BCUT2D eigenvalue weighted by Gasteiger charge is -1.96. The molecule has 4 N–H and O–H groups in total. The normalized spacial score (nSPS) is 10.7. The highest BCUT2D eigenvalue weighted by Crippen LogP contribution is 2.12. The van der Waals surface area contributed by atoms with Crippen LogP contribution in [0.15, 0.2) is 0 Å². The van der Waals surface area contributed by atoms with Crippen LogP contribution in [0.1, 0.15) is 6.55 Å². The van der Waals surface area contributed by atoms with E-state index < -0.39 is 6.55 Å². The molecule has 0 saturated heterocycles. The van der Waals surface area contributed by atoms with Crippen molar-refractivity contribution in [3.63, 3.8) is 0 Å². The fourth-order valence-corrected chi connectivity index (χ4v) is 0.496. The van der Waals surface area contributed by atoms with Crippen LogP contribution in [0.5, 0.6) is 0 Å². The van der Waals surface area contributed by atoms with Gasteiger partial charge in [0.2, 0.25) is 11.9 Å². The molecule has 0 aromatic carbocycles. The first-order valence-electron chi connectivity index (χ1n) is 2.37. The van der Waals surface area contributed by atoms with Crippen LogP contribution in [0.25, 0.3) is 0 Å². The number of hydrogen-bond acceptors (Lipinski definition) is 4. The van der Waals surface area contributed by atoms with Gasteiger partial charge in [-0.3, -0.25) is 0 Å². The Balaban J connectivity index is 3.03. The third kappa shape index (κ3) is 0.971. The van der Waals surface area contributed by atoms with Crippen molar-refractivity contribution in [2.45, 2.75) is 6.55 Å². The average Bonchev–Trinajstić information content (AvgIpc) is 2.10. The zero-order chi connectivity index (χ0) is 7.72. The number of nitrogens with two attached hydrogens (primary N) is 2. The topological polar surface area (TPSA) is 82.7 Å². The number of alkyl halides is 2. The molecule has 1 aromatic heterocycles. The summed E-state index contributed by atoms with van der Waals surface area (Å²) < 4.78 is 23.8. The Morgan fingerprint density at radius 3 is 2.20 bits per heavy atom. The summed E-state index contributed by atoms with van der Waals surface area (Å²) in [6.07, 6.45) is 0. The Bertz CT molecular complexity index is 231. The van der Waals surface area contributed by atoms with Crippen LogP contribution in [0.3, 0.4) is 0 Å². The molecule has 7 heteroatoms. The molecule has 0 unspecified atom stereocenters. The third-order valence-corrected chi connectivity index (χ3v) is 0.859. The molecule has 0 atom stereocenters. The van der Waals surface area contributed by atoms with E-state index in [1.165, 1.54) is 0 Å². The molecule has 0 aliphatic carbocycles. The minimum Gasteiger partial charge on any atom is -0.368 e. The number of aromatic nitrogens is 3. The monoisotopic (exact) mass is 149 g/mol. The van der Waals surface area contributed by atoms with E-state index in [1.54, 1.807) is 0 Å². The average molecular weight is 149 g/mol. The van der Waals surface area contributed by atoms with E-state index in [-0.39, 0.29) is 16.6 Å². The quantitative estimate of drug-likeness (QED) is 0.581. The Morgan fingerprint density at radius 2 is 2.00 bits per heavy atom. The minimum absolute atomic E-state index is 0.245.